The molecule has 1 rings (SSSR count). The van der Waals surface area contributed by atoms with Gasteiger partial charge in [-0.15, -0.1) is 0 Å². The lowest BCUT2D eigenvalue weighted by molar-refractivity contribution is 0.103. The van der Waals surface area contributed by atoms with Gasteiger partial charge < -0.3 is 15.3 Å². The summed E-state index contributed by atoms with van der Waals surface area (Å²) in [7, 11) is 0. The van der Waals surface area contributed by atoms with Crippen molar-refractivity contribution < 1.29 is 9.90 Å². The molecule has 0 atom stereocenters. The third-order valence-electron chi connectivity index (χ3n) is 2.40. The van der Waals surface area contributed by atoms with Gasteiger partial charge in [0.15, 0.2) is 0 Å². The van der Waals surface area contributed by atoms with Crippen LogP contribution >= 0.6 is 15.9 Å². The molecule has 0 spiro atoms. The second-order valence-electron chi connectivity index (χ2n) is 4.89. The first-order valence-electron chi connectivity index (χ1n) is 5.66. The summed E-state index contributed by atoms with van der Waals surface area (Å²) in [6, 6.07) is 3.69. The quantitative estimate of drug-likeness (QED) is 0.896. The van der Waals surface area contributed by atoms with Crippen molar-refractivity contribution in [1.82, 2.24) is 9.88 Å². The smallest absolute Gasteiger partial charge is 0.407 e. The van der Waals surface area contributed by atoms with Crippen molar-refractivity contribution in [3.05, 3.63) is 22.8 Å². The number of carboxylic acid groups (broad SMARTS) is 1. The van der Waals surface area contributed by atoms with E-state index in [0.717, 1.165) is 10.3 Å². The first-order valence-corrected chi connectivity index (χ1v) is 6.46. The van der Waals surface area contributed by atoms with Gasteiger partial charge in [-0.25, -0.2) is 9.78 Å². The van der Waals surface area contributed by atoms with E-state index < -0.39 is 11.6 Å². The number of carbonyl (C=O) groups is 1. The van der Waals surface area contributed by atoms with Gasteiger partial charge in [0, 0.05) is 29.3 Å². The van der Waals surface area contributed by atoms with Crippen LogP contribution in [-0.4, -0.2) is 39.7 Å². The van der Waals surface area contributed by atoms with Crippen molar-refractivity contribution in [2.24, 2.45) is 0 Å². The van der Waals surface area contributed by atoms with Gasteiger partial charge in [0.2, 0.25) is 0 Å². The number of rotatable bonds is 4. The highest BCUT2D eigenvalue weighted by molar-refractivity contribution is 9.10. The number of nitrogens with zero attached hydrogens (tertiary/aromatic N) is 2. The van der Waals surface area contributed by atoms with E-state index in [9.17, 15) is 4.79 Å². The van der Waals surface area contributed by atoms with E-state index in [0.29, 0.717) is 13.1 Å². The number of pyridine rings is 1. The van der Waals surface area contributed by atoms with Crippen LogP contribution in [0.3, 0.4) is 0 Å². The van der Waals surface area contributed by atoms with Gasteiger partial charge in [-0.2, -0.15) is 0 Å². The predicted octanol–water partition coefficient (Wildman–Crippen LogP) is 3.03. The Labute approximate surface area is 115 Å². The maximum Gasteiger partial charge on any atom is 0.407 e. The Hall–Kier alpha value is -1.30. The monoisotopic (exact) mass is 315 g/mol. The summed E-state index contributed by atoms with van der Waals surface area (Å²) >= 11 is 3.35. The van der Waals surface area contributed by atoms with E-state index in [1.165, 1.54) is 4.90 Å². The summed E-state index contributed by atoms with van der Waals surface area (Å²) in [6.45, 7) is 6.55. The molecule has 0 aromatic carbocycles. The highest BCUT2D eigenvalue weighted by Gasteiger charge is 2.25. The zero-order valence-corrected chi connectivity index (χ0v) is 12.4. The topological polar surface area (TPSA) is 65.5 Å². The minimum Gasteiger partial charge on any atom is -0.465 e. The largest absolute Gasteiger partial charge is 0.465 e. The van der Waals surface area contributed by atoms with Gasteiger partial charge in [-0.05, 0) is 32.9 Å². The summed E-state index contributed by atoms with van der Waals surface area (Å²) in [5.41, 5.74) is -0.405. The lowest BCUT2D eigenvalue weighted by Gasteiger charge is -2.33. The van der Waals surface area contributed by atoms with Gasteiger partial charge in [0.25, 0.3) is 0 Å². The number of hydrogen-bond acceptors (Lipinski definition) is 3. The molecule has 0 bridgehead atoms. The van der Waals surface area contributed by atoms with Crippen molar-refractivity contribution in [2.75, 3.05) is 18.4 Å². The lowest BCUT2D eigenvalue weighted by Crippen LogP contribution is -2.47. The molecule has 0 aliphatic heterocycles. The van der Waals surface area contributed by atoms with Gasteiger partial charge >= 0.3 is 6.09 Å². The fourth-order valence-electron chi connectivity index (χ4n) is 1.52. The predicted molar refractivity (Wildman–Crippen MR) is 74.9 cm³/mol. The van der Waals surface area contributed by atoms with E-state index in [1.807, 2.05) is 32.9 Å². The normalized spacial score (nSPS) is 11.1. The zero-order valence-electron chi connectivity index (χ0n) is 10.8. The number of halogens is 1. The minimum atomic E-state index is -0.911. The summed E-state index contributed by atoms with van der Waals surface area (Å²) in [5, 5.41) is 12.2. The van der Waals surface area contributed by atoms with Crippen molar-refractivity contribution in [3.8, 4) is 0 Å². The molecule has 1 aromatic heterocycles. The van der Waals surface area contributed by atoms with Crippen molar-refractivity contribution in [2.45, 2.75) is 26.3 Å². The molecule has 0 saturated carbocycles. The van der Waals surface area contributed by atoms with E-state index in [2.05, 4.69) is 26.2 Å². The van der Waals surface area contributed by atoms with Crippen molar-refractivity contribution in [3.63, 3.8) is 0 Å². The summed E-state index contributed by atoms with van der Waals surface area (Å²) < 4.78 is 0.936. The fourth-order valence-corrected chi connectivity index (χ4v) is 1.85. The van der Waals surface area contributed by atoms with Crippen LogP contribution in [0, 0.1) is 0 Å². The first-order chi connectivity index (χ1) is 8.30. The molecule has 18 heavy (non-hydrogen) atoms. The Morgan fingerprint density at radius 1 is 1.56 bits per heavy atom. The fraction of sp³-hybridized carbons (Fsp3) is 0.500. The van der Waals surface area contributed by atoms with Crippen LogP contribution in [0.5, 0.6) is 0 Å². The lowest BCUT2D eigenvalue weighted by atomic mass is 10.1. The second kappa shape index (κ2) is 6.04. The number of anilines is 1. The van der Waals surface area contributed by atoms with Crippen LogP contribution in [0.2, 0.25) is 0 Å². The molecule has 2 N–H and O–H groups in total. The molecule has 1 aromatic rings. The van der Waals surface area contributed by atoms with Gasteiger partial charge in [0.05, 0.1) is 0 Å². The highest BCUT2D eigenvalue weighted by Crippen LogP contribution is 2.14. The van der Waals surface area contributed by atoms with Crippen LogP contribution in [0.15, 0.2) is 22.8 Å². The van der Waals surface area contributed by atoms with E-state index >= 15 is 0 Å². The minimum absolute atomic E-state index is 0.405. The Balaban J connectivity index is 2.52. The first kappa shape index (κ1) is 14.8. The van der Waals surface area contributed by atoms with E-state index in [1.54, 1.807) is 6.20 Å². The van der Waals surface area contributed by atoms with Crippen LogP contribution in [0.1, 0.15) is 20.8 Å². The third-order valence-corrected chi connectivity index (χ3v) is 2.90. The number of amides is 1. The molecule has 0 aliphatic rings. The maximum atomic E-state index is 11.1. The van der Waals surface area contributed by atoms with Gasteiger partial charge in [0.1, 0.15) is 5.82 Å². The van der Waals surface area contributed by atoms with E-state index in [-0.39, 0.29) is 0 Å². The molecule has 0 unspecified atom stereocenters. The third kappa shape index (κ3) is 4.52. The molecule has 1 heterocycles. The maximum absolute atomic E-state index is 11.1. The Bertz CT molecular complexity index is 418. The average molecular weight is 316 g/mol. The van der Waals surface area contributed by atoms with Crippen LogP contribution < -0.4 is 5.32 Å². The van der Waals surface area contributed by atoms with Gasteiger partial charge in [-0.3, -0.25) is 0 Å². The number of nitrogens with one attached hydrogen (secondary N) is 1. The zero-order chi connectivity index (χ0) is 13.8. The molecular formula is C12H18BrN3O2. The van der Waals surface area contributed by atoms with Crippen LogP contribution in [-0.2, 0) is 0 Å². The molecule has 0 aliphatic carbocycles. The highest BCUT2D eigenvalue weighted by atomic mass is 79.9. The van der Waals surface area contributed by atoms with Gasteiger partial charge in [-0.1, -0.05) is 15.9 Å². The number of aromatic nitrogens is 1. The molecular weight excluding hydrogens is 298 g/mol. The number of hydrogen-bond donors (Lipinski definition) is 2. The second-order valence-corrected chi connectivity index (χ2v) is 5.81. The van der Waals surface area contributed by atoms with Crippen LogP contribution in [0.4, 0.5) is 10.6 Å². The SMILES string of the molecule is CC(C)(C)N(CCNc1cc(Br)ccn1)C(=O)O. The summed E-state index contributed by atoms with van der Waals surface area (Å²) in [4.78, 5) is 16.7. The molecule has 0 fully saturated rings. The van der Waals surface area contributed by atoms with Crippen LogP contribution in [0.25, 0.3) is 0 Å². The molecule has 100 valence electrons. The summed E-state index contributed by atoms with van der Waals surface area (Å²) in [6.07, 6.45) is 0.775. The molecule has 6 heteroatoms. The Morgan fingerprint density at radius 3 is 2.72 bits per heavy atom. The van der Waals surface area contributed by atoms with Crippen molar-refractivity contribution in [1.29, 1.82) is 0 Å². The molecule has 1 amide bonds. The Kier molecular flexibility index (Phi) is 4.95. The summed E-state index contributed by atoms with van der Waals surface area (Å²) in [5.74, 6) is 0.726. The molecule has 0 saturated heterocycles. The molecule has 5 nitrogen and oxygen atoms in total. The average Bonchev–Trinajstić information content (AvgIpc) is 2.22. The Morgan fingerprint density at radius 2 is 2.22 bits per heavy atom. The van der Waals surface area contributed by atoms with Crippen molar-refractivity contribution >= 4 is 27.8 Å². The van der Waals surface area contributed by atoms with E-state index in [4.69, 9.17) is 5.11 Å². The molecule has 0 radical (unpaired) electrons. The standard InChI is InChI=1S/C12H18BrN3O2/c1-12(2,3)16(11(17)18)7-6-15-10-8-9(13)4-5-14-10/h4-5,8H,6-7H2,1-3H3,(H,14,15)(H,17,18).